The molecule has 116 valence electrons. The zero-order valence-electron chi connectivity index (χ0n) is 12.3. The molecule has 2 atom stereocenters. The minimum absolute atomic E-state index is 0.0585. The van der Waals surface area contributed by atoms with Crippen molar-refractivity contribution in [2.45, 2.75) is 19.5 Å². The molecule has 1 aromatic rings. The van der Waals surface area contributed by atoms with Gasteiger partial charge in [-0.05, 0) is 36.5 Å². The minimum Gasteiger partial charge on any atom is -0.387 e. The highest BCUT2D eigenvalue weighted by atomic mass is 19.4. The van der Waals surface area contributed by atoms with E-state index >= 15 is 0 Å². The number of carbonyl (C=O) groups excluding carboxylic acids is 1. The quantitative estimate of drug-likeness (QED) is 0.923. The molecule has 21 heavy (non-hydrogen) atoms. The molecule has 1 N–H and O–H groups in total. The van der Waals surface area contributed by atoms with Gasteiger partial charge in [-0.1, -0.05) is 6.92 Å². The van der Waals surface area contributed by atoms with Crippen molar-refractivity contribution in [3.63, 3.8) is 0 Å². The average molecular weight is 300 g/mol. The molecule has 1 aliphatic rings. The number of hydrogen-bond donors (Lipinski definition) is 1. The molecule has 0 saturated heterocycles. The largest absolute Gasteiger partial charge is 0.416 e. The van der Waals surface area contributed by atoms with Crippen molar-refractivity contribution >= 4 is 11.6 Å². The fraction of sp³-hybridized carbons (Fsp3) is 0.533. The van der Waals surface area contributed by atoms with Crippen LogP contribution in [-0.2, 0) is 6.18 Å². The summed E-state index contributed by atoms with van der Waals surface area (Å²) < 4.78 is 38.4. The SMILES string of the molecule is CNc1ccc(C(F)(F)F)cc1C(=O)N(C)CC1CC1C. The van der Waals surface area contributed by atoms with Gasteiger partial charge in [0.2, 0.25) is 0 Å². The van der Waals surface area contributed by atoms with Crippen LogP contribution in [0.1, 0.15) is 29.3 Å². The third-order valence-corrected chi connectivity index (χ3v) is 3.98. The molecule has 1 aromatic carbocycles. The number of nitrogens with zero attached hydrogens (tertiary/aromatic N) is 1. The number of hydrogen-bond acceptors (Lipinski definition) is 2. The fourth-order valence-electron chi connectivity index (χ4n) is 2.41. The molecule has 0 aromatic heterocycles. The highest BCUT2D eigenvalue weighted by Gasteiger charge is 2.35. The van der Waals surface area contributed by atoms with Crippen molar-refractivity contribution in [2.75, 3.05) is 26.0 Å². The van der Waals surface area contributed by atoms with Crippen LogP contribution in [0, 0.1) is 11.8 Å². The lowest BCUT2D eigenvalue weighted by Crippen LogP contribution is -2.30. The first-order chi connectivity index (χ1) is 9.74. The van der Waals surface area contributed by atoms with Gasteiger partial charge in [0.15, 0.2) is 0 Å². The van der Waals surface area contributed by atoms with E-state index in [1.54, 1.807) is 14.1 Å². The number of alkyl halides is 3. The summed E-state index contributed by atoms with van der Waals surface area (Å²) in [4.78, 5) is 13.9. The van der Waals surface area contributed by atoms with Crippen molar-refractivity contribution in [1.29, 1.82) is 0 Å². The average Bonchev–Trinajstić information content (AvgIpc) is 3.11. The van der Waals surface area contributed by atoms with Crippen LogP contribution in [0.3, 0.4) is 0 Å². The maximum absolute atomic E-state index is 12.8. The van der Waals surface area contributed by atoms with Gasteiger partial charge in [0.1, 0.15) is 0 Å². The zero-order chi connectivity index (χ0) is 15.8. The van der Waals surface area contributed by atoms with Crippen LogP contribution >= 0.6 is 0 Å². The van der Waals surface area contributed by atoms with Crippen LogP contribution in [0.5, 0.6) is 0 Å². The van der Waals surface area contributed by atoms with E-state index in [0.717, 1.165) is 18.6 Å². The molecule has 0 heterocycles. The molecule has 2 unspecified atom stereocenters. The molecular weight excluding hydrogens is 281 g/mol. The Bertz CT molecular complexity index is 542. The van der Waals surface area contributed by atoms with Crippen LogP contribution in [0.4, 0.5) is 18.9 Å². The third-order valence-electron chi connectivity index (χ3n) is 3.98. The van der Waals surface area contributed by atoms with Crippen LogP contribution in [-0.4, -0.2) is 31.4 Å². The van der Waals surface area contributed by atoms with Crippen LogP contribution in [0.15, 0.2) is 18.2 Å². The Morgan fingerprint density at radius 3 is 2.52 bits per heavy atom. The number of rotatable bonds is 4. The second kappa shape index (κ2) is 5.58. The van der Waals surface area contributed by atoms with Crippen LogP contribution in [0.25, 0.3) is 0 Å². The topological polar surface area (TPSA) is 32.3 Å². The Morgan fingerprint density at radius 2 is 2.05 bits per heavy atom. The van der Waals surface area contributed by atoms with Gasteiger partial charge in [-0.15, -0.1) is 0 Å². The molecule has 0 radical (unpaired) electrons. The van der Waals surface area contributed by atoms with Gasteiger partial charge in [0, 0.05) is 26.3 Å². The first kappa shape index (κ1) is 15.7. The van der Waals surface area contributed by atoms with Crippen molar-refractivity contribution in [1.82, 2.24) is 4.90 Å². The second-order valence-electron chi connectivity index (χ2n) is 5.67. The van der Waals surface area contributed by atoms with E-state index in [1.165, 1.54) is 11.0 Å². The van der Waals surface area contributed by atoms with Crippen LogP contribution < -0.4 is 5.32 Å². The van der Waals surface area contributed by atoms with Gasteiger partial charge < -0.3 is 10.2 Å². The maximum Gasteiger partial charge on any atom is 0.416 e. The predicted molar refractivity (Wildman–Crippen MR) is 75.2 cm³/mol. The van der Waals surface area contributed by atoms with E-state index in [-0.39, 0.29) is 11.5 Å². The number of halogens is 3. The molecule has 0 aliphatic heterocycles. The van der Waals surface area contributed by atoms with E-state index in [4.69, 9.17) is 0 Å². The first-order valence-electron chi connectivity index (χ1n) is 6.88. The maximum atomic E-state index is 12.8. The lowest BCUT2D eigenvalue weighted by molar-refractivity contribution is -0.137. The van der Waals surface area contributed by atoms with E-state index < -0.39 is 11.7 Å². The Labute approximate surface area is 122 Å². The van der Waals surface area contributed by atoms with Crippen LogP contribution in [0.2, 0.25) is 0 Å². The van der Waals surface area contributed by atoms with E-state index in [1.807, 2.05) is 0 Å². The summed E-state index contributed by atoms with van der Waals surface area (Å²) in [5, 5.41) is 2.77. The standard InChI is InChI=1S/C15H19F3N2O/c1-9-6-10(9)8-20(3)14(21)12-7-11(15(16,17)18)4-5-13(12)19-2/h4-5,7,9-10,19H,6,8H2,1-3H3. The van der Waals surface area contributed by atoms with Gasteiger partial charge in [0.05, 0.1) is 11.1 Å². The summed E-state index contributed by atoms with van der Waals surface area (Å²) in [6.45, 7) is 2.69. The number of nitrogens with one attached hydrogen (secondary N) is 1. The van der Waals surface area contributed by atoms with Gasteiger partial charge in [0.25, 0.3) is 5.91 Å². The molecule has 1 fully saturated rings. The summed E-state index contributed by atoms with van der Waals surface area (Å²) in [5.74, 6) is 0.665. The summed E-state index contributed by atoms with van der Waals surface area (Å²) >= 11 is 0. The summed E-state index contributed by atoms with van der Waals surface area (Å²) in [5.41, 5.74) is -0.343. The van der Waals surface area contributed by atoms with Gasteiger partial charge in [-0.25, -0.2) is 0 Å². The Morgan fingerprint density at radius 1 is 1.43 bits per heavy atom. The summed E-state index contributed by atoms with van der Waals surface area (Å²) in [7, 11) is 3.22. The Kier molecular flexibility index (Phi) is 4.16. The van der Waals surface area contributed by atoms with E-state index in [0.29, 0.717) is 24.1 Å². The number of benzene rings is 1. The van der Waals surface area contributed by atoms with E-state index in [9.17, 15) is 18.0 Å². The second-order valence-corrected chi connectivity index (χ2v) is 5.67. The number of anilines is 1. The molecule has 6 heteroatoms. The molecule has 0 spiro atoms. The molecule has 1 amide bonds. The Hall–Kier alpha value is -1.72. The highest BCUT2D eigenvalue weighted by Crippen LogP contribution is 2.38. The van der Waals surface area contributed by atoms with Gasteiger partial charge in [-0.3, -0.25) is 4.79 Å². The minimum atomic E-state index is -4.45. The Balaban J connectivity index is 2.25. The van der Waals surface area contributed by atoms with E-state index in [2.05, 4.69) is 12.2 Å². The molecule has 2 rings (SSSR count). The van der Waals surface area contributed by atoms with Crippen molar-refractivity contribution in [2.24, 2.45) is 11.8 Å². The molecule has 0 bridgehead atoms. The van der Waals surface area contributed by atoms with Gasteiger partial charge in [-0.2, -0.15) is 13.2 Å². The first-order valence-corrected chi connectivity index (χ1v) is 6.88. The lowest BCUT2D eigenvalue weighted by Gasteiger charge is -2.20. The number of amides is 1. The smallest absolute Gasteiger partial charge is 0.387 e. The number of carbonyl (C=O) groups is 1. The molecule has 1 saturated carbocycles. The third kappa shape index (κ3) is 3.49. The highest BCUT2D eigenvalue weighted by molar-refractivity contribution is 5.99. The summed E-state index contributed by atoms with van der Waals surface area (Å²) in [6.07, 6.45) is -3.38. The monoisotopic (exact) mass is 300 g/mol. The van der Waals surface area contributed by atoms with Gasteiger partial charge >= 0.3 is 6.18 Å². The zero-order valence-corrected chi connectivity index (χ0v) is 12.3. The van der Waals surface area contributed by atoms with Crippen molar-refractivity contribution in [3.05, 3.63) is 29.3 Å². The predicted octanol–water partition coefficient (Wildman–Crippen LogP) is 3.48. The van der Waals surface area contributed by atoms with Crippen molar-refractivity contribution in [3.8, 4) is 0 Å². The molecule has 3 nitrogen and oxygen atoms in total. The van der Waals surface area contributed by atoms with Crippen molar-refractivity contribution < 1.29 is 18.0 Å². The molecular formula is C15H19F3N2O. The summed E-state index contributed by atoms with van der Waals surface area (Å²) in [6, 6.07) is 3.19. The normalized spacial score (nSPS) is 21.0. The molecule has 1 aliphatic carbocycles. The fourth-order valence-corrected chi connectivity index (χ4v) is 2.41. The lowest BCUT2D eigenvalue weighted by atomic mass is 10.1.